The van der Waals surface area contributed by atoms with Gasteiger partial charge >= 0.3 is 6.03 Å². The smallest absolute Gasteiger partial charge is 0.321 e. The Kier molecular flexibility index (Phi) is 6.87. The zero-order chi connectivity index (χ0) is 25.0. The monoisotopic (exact) mass is 508 g/mol. The van der Waals surface area contributed by atoms with Gasteiger partial charge in [0.15, 0.2) is 5.82 Å². The van der Waals surface area contributed by atoms with Gasteiger partial charge in [0, 0.05) is 50.6 Å². The van der Waals surface area contributed by atoms with Gasteiger partial charge in [0.05, 0.1) is 16.8 Å². The quantitative estimate of drug-likeness (QED) is 0.416. The maximum Gasteiger partial charge on any atom is 0.321 e. The third-order valence-electron chi connectivity index (χ3n) is 6.04. The normalized spacial score (nSPS) is 17.4. The highest BCUT2D eigenvalue weighted by Gasteiger charge is 2.24. The van der Waals surface area contributed by atoms with E-state index >= 15 is 0 Å². The number of rotatable bonds is 2. The second-order valence-corrected chi connectivity index (χ2v) is 10.3. The summed E-state index contributed by atoms with van der Waals surface area (Å²) in [4.78, 5) is 25.9. The van der Waals surface area contributed by atoms with E-state index in [1.165, 1.54) is 0 Å². The van der Waals surface area contributed by atoms with Crippen molar-refractivity contribution in [2.24, 2.45) is 0 Å². The molecule has 4 bridgehead atoms. The van der Waals surface area contributed by atoms with Crippen molar-refractivity contribution >= 4 is 44.9 Å². The van der Waals surface area contributed by atoms with Crippen LogP contribution in [0.4, 0.5) is 33.6 Å². The number of carbonyl (C=O) groups is 1. The van der Waals surface area contributed by atoms with E-state index in [9.17, 15) is 13.2 Å². The summed E-state index contributed by atoms with van der Waals surface area (Å²) in [5.41, 5.74) is 2.19. The first-order valence-corrected chi connectivity index (χ1v) is 13.3. The number of anilines is 5. The maximum absolute atomic E-state index is 12.7. The van der Waals surface area contributed by atoms with E-state index in [1.54, 1.807) is 35.4 Å². The standard InChI is InChI=1S/C24H28N8O3S/c33-24(29-18-6-2-1-3-7-18)32-14-12-31(13-15-32)21-17-26-23-28-19-8-4-9-20(16-19)36(34,35)27-11-5-10-25-22(21)30-23/h1-4,6-9,16-17,27H,5,10-15H2,(H,29,33)(H2,25,26,28,30). The van der Waals surface area contributed by atoms with E-state index in [4.69, 9.17) is 0 Å². The first kappa shape index (κ1) is 23.8. The second kappa shape index (κ2) is 10.4. The molecule has 2 aromatic carbocycles. The zero-order valence-corrected chi connectivity index (χ0v) is 20.5. The molecule has 3 aromatic rings. The van der Waals surface area contributed by atoms with Crippen LogP contribution in [-0.2, 0) is 10.0 Å². The lowest BCUT2D eigenvalue weighted by Crippen LogP contribution is -2.50. The summed E-state index contributed by atoms with van der Waals surface area (Å²) < 4.78 is 27.8. The molecule has 11 nitrogen and oxygen atoms in total. The van der Waals surface area contributed by atoms with Gasteiger partial charge in [0.1, 0.15) is 0 Å². The van der Waals surface area contributed by atoms with Gasteiger partial charge in [-0.3, -0.25) is 0 Å². The van der Waals surface area contributed by atoms with Crippen molar-refractivity contribution < 1.29 is 13.2 Å². The van der Waals surface area contributed by atoms with E-state index in [0.717, 1.165) is 11.4 Å². The van der Waals surface area contributed by atoms with Crippen LogP contribution in [0.5, 0.6) is 0 Å². The highest BCUT2D eigenvalue weighted by Crippen LogP contribution is 2.27. The number of fused-ring (bicyclic) bond motifs is 4. The summed E-state index contributed by atoms with van der Waals surface area (Å²) in [5, 5.41) is 9.36. The maximum atomic E-state index is 12.7. The van der Waals surface area contributed by atoms with Crippen LogP contribution in [0.1, 0.15) is 6.42 Å². The minimum Gasteiger partial charge on any atom is -0.368 e. The number of nitrogens with zero attached hydrogens (tertiary/aromatic N) is 4. The Balaban J connectivity index is 1.30. The van der Waals surface area contributed by atoms with Crippen molar-refractivity contribution in [1.82, 2.24) is 19.6 Å². The Bertz CT molecular complexity index is 1330. The minimum atomic E-state index is -3.60. The molecule has 0 unspecified atom stereocenters. The average molecular weight is 509 g/mol. The van der Waals surface area contributed by atoms with Crippen molar-refractivity contribution in [3.8, 4) is 0 Å². The molecule has 12 heteroatoms. The second-order valence-electron chi connectivity index (χ2n) is 8.53. The van der Waals surface area contributed by atoms with E-state index in [0.29, 0.717) is 63.1 Å². The number of nitrogens with one attached hydrogen (secondary N) is 4. The summed E-state index contributed by atoms with van der Waals surface area (Å²) >= 11 is 0. The minimum absolute atomic E-state index is 0.120. The van der Waals surface area contributed by atoms with Crippen molar-refractivity contribution in [2.75, 3.05) is 60.1 Å². The average Bonchev–Trinajstić information content (AvgIpc) is 2.89. The number of piperazine rings is 1. The van der Waals surface area contributed by atoms with E-state index in [2.05, 4.69) is 35.5 Å². The number of aromatic nitrogens is 2. The van der Waals surface area contributed by atoms with Gasteiger partial charge in [0.2, 0.25) is 16.0 Å². The Hall–Kier alpha value is -3.90. The van der Waals surface area contributed by atoms with Crippen LogP contribution in [0.3, 0.4) is 0 Å². The lowest BCUT2D eigenvalue weighted by Gasteiger charge is -2.36. The summed E-state index contributed by atoms with van der Waals surface area (Å²) in [5.74, 6) is 1.02. The van der Waals surface area contributed by atoms with Crippen molar-refractivity contribution in [3.63, 3.8) is 0 Å². The van der Waals surface area contributed by atoms with E-state index in [-0.39, 0.29) is 10.9 Å². The lowest BCUT2D eigenvalue weighted by atomic mass is 10.2. The van der Waals surface area contributed by atoms with Crippen LogP contribution >= 0.6 is 0 Å². The van der Waals surface area contributed by atoms with Gasteiger partial charge in [-0.2, -0.15) is 4.98 Å². The Morgan fingerprint density at radius 1 is 0.972 bits per heavy atom. The molecule has 36 heavy (non-hydrogen) atoms. The summed E-state index contributed by atoms with van der Waals surface area (Å²) in [6.45, 7) is 3.22. The van der Waals surface area contributed by atoms with Gasteiger partial charge in [-0.1, -0.05) is 24.3 Å². The fourth-order valence-corrected chi connectivity index (χ4v) is 5.25. The number of para-hydroxylation sites is 1. The SMILES string of the molecule is O=C(Nc1ccccc1)N1CCN(c2cnc3nc2NCCCNS(=O)(=O)c2cccc(c2)N3)CC1. The highest BCUT2D eigenvalue weighted by atomic mass is 32.2. The van der Waals surface area contributed by atoms with Crippen LogP contribution in [0.15, 0.2) is 65.7 Å². The number of sulfonamides is 1. The first-order chi connectivity index (χ1) is 17.5. The van der Waals surface area contributed by atoms with Gasteiger partial charge in [-0.15, -0.1) is 0 Å². The molecule has 2 aliphatic rings. The Labute approximate surface area is 210 Å². The van der Waals surface area contributed by atoms with Crippen molar-refractivity contribution in [2.45, 2.75) is 11.3 Å². The third kappa shape index (κ3) is 5.50. The van der Waals surface area contributed by atoms with Crippen LogP contribution in [-0.4, -0.2) is 68.6 Å². The highest BCUT2D eigenvalue weighted by molar-refractivity contribution is 7.89. The molecular weight excluding hydrogens is 480 g/mol. The molecule has 1 aromatic heterocycles. The molecule has 1 fully saturated rings. The largest absolute Gasteiger partial charge is 0.368 e. The number of urea groups is 1. The topological polar surface area (TPSA) is 132 Å². The van der Waals surface area contributed by atoms with Crippen LogP contribution in [0.2, 0.25) is 0 Å². The van der Waals surface area contributed by atoms with Gasteiger partial charge in [0.25, 0.3) is 0 Å². The van der Waals surface area contributed by atoms with Crippen LogP contribution < -0.4 is 25.6 Å². The first-order valence-electron chi connectivity index (χ1n) is 11.8. The molecule has 0 aliphatic carbocycles. The zero-order valence-electron chi connectivity index (χ0n) is 19.6. The molecule has 4 N–H and O–H groups in total. The van der Waals surface area contributed by atoms with Crippen molar-refractivity contribution in [1.29, 1.82) is 0 Å². The number of amides is 2. The van der Waals surface area contributed by atoms with Crippen LogP contribution in [0.25, 0.3) is 0 Å². The molecule has 1 saturated heterocycles. The number of hydrogen-bond acceptors (Lipinski definition) is 8. The molecule has 5 rings (SSSR count). The fraction of sp³-hybridized carbons (Fsp3) is 0.292. The van der Waals surface area contributed by atoms with Gasteiger partial charge in [-0.05, 0) is 36.8 Å². The summed E-state index contributed by atoms with van der Waals surface area (Å²) in [7, 11) is -3.60. The fourth-order valence-electron chi connectivity index (χ4n) is 4.13. The van der Waals surface area contributed by atoms with Crippen LogP contribution in [0, 0.1) is 0 Å². The molecule has 0 saturated carbocycles. The molecule has 2 amide bonds. The molecule has 0 atom stereocenters. The molecule has 2 aliphatic heterocycles. The predicted octanol–water partition coefficient (Wildman–Crippen LogP) is 2.67. The van der Waals surface area contributed by atoms with E-state index in [1.807, 2.05) is 30.3 Å². The van der Waals surface area contributed by atoms with E-state index < -0.39 is 10.0 Å². The molecule has 3 heterocycles. The van der Waals surface area contributed by atoms with Gasteiger partial charge in [-0.25, -0.2) is 22.9 Å². The summed E-state index contributed by atoms with van der Waals surface area (Å²) in [6.07, 6.45) is 2.34. The molecule has 0 spiro atoms. The molecule has 188 valence electrons. The third-order valence-corrected chi connectivity index (χ3v) is 7.50. The molecule has 0 radical (unpaired) electrons. The Morgan fingerprint density at radius 2 is 1.78 bits per heavy atom. The predicted molar refractivity (Wildman–Crippen MR) is 139 cm³/mol. The summed E-state index contributed by atoms with van der Waals surface area (Å²) in [6, 6.07) is 15.8. The lowest BCUT2D eigenvalue weighted by molar-refractivity contribution is 0.208. The Morgan fingerprint density at radius 3 is 2.58 bits per heavy atom. The molecular formula is C24H28N8O3S. The number of hydrogen-bond donors (Lipinski definition) is 4. The van der Waals surface area contributed by atoms with Gasteiger partial charge < -0.3 is 25.8 Å². The number of benzene rings is 2. The number of carbonyl (C=O) groups excluding carboxylic acids is 1. The van der Waals surface area contributed by atoms with Crippen molar-refractivity contribution in [3.05, 3.63) is 60.8 Å².